The third-order valence-corrected chi connectivity index (χ3v) is 6.15. The van der Waals surface area contributed by atoms with E-state index in [4.69, 9.17) is 32.3 Å². The number of aryl methyl sites for hydroxylation is 1. The molecule has 0 saturated heterocycles. The van der Waals surface area contributed by atoms with Crippen molar-refractivity contribution in [2.45, 2.75) is 47.5 Å². The molecule has 6 heteroatoms. The number of hydrogen-bond donors (Lipinski definition) is 4. The Morgan fingerprint density at radius 1 is 0.714 bits per heavy atom. The van der Waals surface area contributed by atoms with E-state index in [0.717, 1.165) is 39.2 Å². The summed E-state index contributed by atoms with van der Waals surface area (Å²) in [7, 11) is 0. The monoisotopic (exact) mass is 466 g/mol. The minimum atomic E-state index is 0.335. The highest BCUT2D eigenvalue weighted by Crippen LogP contribution is 2.27. The highest BCUT2D eigenvalue weighted by atomic mass is 14.8. The summed E-state index contributed by atoms with van der Waals surface area (Å²) in [6.45, 7) is 9.72. The van der Waals surface area contributed by atoms with Gasteiger partial charge in [-0.05, 0) is 92.8 Å². The third kappa shape index (κ3) is 5.72. The lowest BCUT2D eigenvalue weighted by Gasteiger charge is -2.12. The van der Waals surface area contributed by atoms with Gasteiger partial charge in [0.05, 0.1) is 34.2 Å². The fourth-order valence-corrected chi connectivity index (χ4v) is 3.78. The SMILES string of the molecule is CCC(N)=C(C)C(=N)c1cccc(-c2cc(C)cc(-c3cccc(C(=N)C(C)=C(N)CC)n3)c2)n1. The molecule has 0 spiro atoms. The smallest absolute Gasteiger partial charge is 0.0889 e. The van der Waals surface area contributed by atoms with Crippen molar-refractivity contribution in [2.24, 2.45) is 11.5 Å². The molecule has 2 heterocycles. The molecule has 3 aromatic rings. The van der Waals surface area contributed by atoms with Crippen LogP contribution in [0.25, 0.3) is 22.5 Å². The largest absolute Gasteiger partial charge is 0.402 e. The lowest BCUT2D eigenvalue weighted by Crippen LogP contribution is -2.11. The van der Waals surface area contributed by atoms with E-state index in [-0.39, 0.29) is 0 Å². The first-order chi connectivity index (χ1) is 16.7. The maximum Gasteiger partial charge on any atom is 0.0889 e. The van der Waals surface area contributed by atoms with Crippen LogP contribution < -0.4 is 11.5 Å². The van der Waals surface area contributed by atoms with Crippen molar-refractivity contribution in [1.29, 1.82) is 10.8 Å². The Morgan fingerprint density at radius 2 is 1.11 bits per heavy atom. The molecular formula is C29H34N6. The van der Waals surface area contributed by atoms with Crippen molar-refractivity contribution in [1.82, 2.24) is 9.97 Å². The van der Waals surface area contributed by atoms with Crippen LogP contribution in [-0.4, -0.2) is 21.4 Å². The number of nitrogens with two attached hydrogens (primary N) is 2. The molecule has 6 nitrogen and oxygen atoms in total. The summed E-state index contributed by atoms with van der Waals surface area (Å²) in [6.07, 6.45) is 1.39. The summed E-state index contributed by atoms with van der Waals surface area (Å²) >= 11 is 0. The van der Waals surface area contributed by atoms with Crippen molar-refractivity contribution in [3.63, 3.8) is 0 Å². The quantitative estimate of drug-likeness (QED) is 0.297. The Hall–Kier alpha value is -4.06. The molecule has 0 bridgehead atoms. The van der Waals surface area contributed by atoms with Gasteiger partial charge in [-0.15, -0.1) is 0 Å². The molecule has 1 aromatic carbocycles. The van der Waals surface area contributed by atoms with Gasteiger partial charge in [0.2, 0.25) is 0 Å². The van der Waals surface area contributed by atoms with Gasteiger partial charge in [0.15, 0.2) is 0 Å². The molecule has 0 amide bonds. The van der Waals surface area contributed by atoms with Gasteiger partial charge in [0.1, 0.15) is 0 Å². The maximum atomic E-state index is 8.55. The van der Waals surface area contributed by atoms with Crippen LogP contribution in [0.4, 0.5) is 0 Å². The molecule has 180 valence electrons. The Kier molecular flexibility index (Phi) is 7.97. The Morgan fingerprint density at radius 3 is 1.49 bits per heavy atom. The number of allylic oxidation sites excluding steroid dienone is 4. The van der Waals surface area contributed by atoms with Gasteiger partial charge in [-0.25, -0.2) is 9.97 Å². The first-order valence-corrected chi connectivity index (χ1v) is 11.8. The summed E-state index contributed by atoms with van der Waals surface area (Å²) in [5, 5.41) is 17.1. The van der Waals surface area contributed by atoms with E-state index >= 15 is 0 Å². The molecule has 0 atom stereocenters. The highest BCUT2D eigenvalue weighted by Gasteiger charge is 2.13. The van der Waals surface area contributed by atoms with Crippen LogP contribution in [0.2, 0.25) is 0 Å². The number of pyridine rings is 2. The second-order valence-electron chi connectivity index (χ2n) is 8.66. The predicted octanol–water partition coefficient (Wildman–Crippen LogP) is 6.14. The minimum absolute atomic E-state index is 0.335. The summed E-state index contributed by atoms with van der Waals surface area (Å²) < 4.78 is 0. The molecule has 2 aromatic heterocycles. The first-order valence-electron chi connectivity index (χ1n) is 11.8. The van der Waals surface area contributed by atoms with Crippen molar-refractivity contribution in [3.8, 4) is 22.5 Å². The van der Waals surface area contributed by atoms with Crippen LogP contribution >= 0.6 is 0 Å². The number of aromatic nitrogens is 2. The molecule has 6 N–H and O–H groups in total. The topological polar surface area (TPSA) is 126 Å². The molecular weight excluding hydrogens is 432 g/mol. The fraction of sp³-hybridized carbons (Fsp3) is 0.241. The molecule has 0 aliphatic heterocycles. The van der Waals surface area contributed by atoms with Crippen molar-refractivity contribution in [3.05, 3.63) is 94.1 Å². The molecule has 0 unspecified atom stereocenters. The number of rotatable bonds is 8. The van der Waals surface area contributed by atoms with Gasteiger partial charge in [0, 0.05) is 22.5 Å². The molecule has 0 aliphatic carbocycles. The van der Waals surface area contributed by atoms with Gasteiger partial charge in [-0.3, -0.25) is 10.8 Å². The van der Waals surface area contributed by atoms with Crippen LogP contribution in [0, 0.1) is 17.7 Å². The predicted molar refractivity (Wildman–Crippen MR) is 146 cm³/mol. The summed E-state index contributed by atoms with van der Waals surface area (Å²) in [5.41, 5.74) is 21.4. The number of benzene rings is 1. The zero-order chi connectivity index (χ0) is 25.7. The highest BCUT2D eigenvalue weighted by molar-refractivity contribution is 6.10. The zero-order valence-electron chi connectivity index (χ0n) is 21.2. The average Bonchev–Trinajstić information content (AvgIpc) is 2.90. The van der Waals surface area contributed by atoms with Gasteiger partial charge < -0.3 is 11.5 Å². The van der Waals surface area contributed by atoms with E-state index in [2.05, 4.69) is 12.1 Å². The Balaban J connectivity index is 2.03. The lowest BCUT2D eigenvalue weighted by atomic mass is 9.99. The molecule has 35 heavy (non-hydrogen) atoms. The molecule has 3 rings (SSSR count). The summed E-state index contributed by atoms with van der Waals surface area (Å²) in [4.78, 5) is 9.53. The van der Waals surface area contributed by atoms with E-state index in [1.54, 1.807) is 0 Å². The Labute approximate surface area is 207 Å². The van der Waals surface area contributed by atoms with E-state index < -0.39 is 0 Å². The number of hydrogen-bond acceptors (Lipinski definition) is 6. The summed E-state index contributed by atoms with van der Waals surface area (Å²) in [6, 6.07) is 17.6. The van der Waals surface area contributed by atoms with Crippen molar-refractivity contribution < 1.29 is 0 Å². The Bertz CT molecular complexity index is 1250. The molecule has 0 radical (unpaired) electrons. The van der Waals surface area contributed by atoms with Crippen molar-refractivity contribution in [2.75, 3.05) is 0 Å². The number of nitrogens with one attached hydrogen (secondary N) is 2. The third-order valence-electron chi connectivity index (χ3n) is 6.15. The minimum Gasteiger partial charge on any atom is -0.402 e. The van der Waals surface area contributed by atoms with Gasteiger partial charge in [0.25, 0.3) is 0 Å². The average molecular weight is 467 g/mol. The van der Waals surface area contributed by atoms with Crippen LogP contribution in [0.15, 0.2) is 77.1 Å². The van der Waals surface area contributed by atoms with E-state index in [9.17, 15) is 0 Å². The molecule has 0 saturated carbocycles. The van der Waals surface area contributed by atoms with E-state index in [1.165, 1.54) is 0 Å². The van der Waals surface area contributed by atoms with E-state index in [0.29, 0.717) is 47.0 Å². The van der Waals surface area contributed by atoms with Gasteiger partial charge in [-0.2, -0.15) is 0 Å². The van der Waals surface area contributed by atoms with Crippen molar-refractivity contribution >= 4 is 11.4 Å². The molecule has 0 aliphatic rings. The van der Waals surface area contributed by atoms with Gasteiger partial charge in [-0.1, -0.05) is 26.0 Å². The lowest BCUT2D eigenvalue weighted by molar-refractivity contribution is 1.04. The van der Waals surface area contributed by atoms with Crippen LogP contribution in [0.5, 0.6) is 0 Å². The number of nitrogens with zero attached hydrogens (tertiary/aromatic N) is 2. The van der Waals surface area contributed by atoms with Crippen LogP contribution in [0.3, 0.4) is 0 Å². The normalized spacial score (nSPS) is 12.6. The standard InChI is InChI=1S/C29H34N6/c1-6-22(30)18(4)28(32)26-12-8-10-24(34-26)20-14-17(3)15-21(16-20)25-11-9-13-27(35-25)29(33)19(5)23(31)7-2/h8-16,32-33H,6-7,30-31H2,1-5H3. The van der Waals surface area contributed by atoms with Crippen LogP contribution in [-0.2, 0) is 0 Å². The zero-order valence-corrected chi connectivity index (χ0v) is 21.2. The fourth-order valence-electron chi connectivity index (χ4n) is 3.78. The van der Waals surface area contributed by atoms with Crippen LogP contribution in [0.1, 0.15) is 57.5 Å². The van der Waals surface area contributed by atoms with Gasteiger partial charge >= 0.3 is 0 Å². The second kappa shape index (κ2) is 10.9. The summed E-state index contributed by atoms with van der Waals surface area (Å²) in [5.74, 6) is 0. The molecule has 0 fully saturated rings. The second-order valence-corrected chi connectivity index (χ2v) is 8.66. The first kappa shape index (κ1) is 25.6. The maximum absolute atomic E-state index is 8.55. The van der Waals surface area contributed by atoms with E-state index in [1.807, 2.05) is 77.1 Å².